The molecule has 0 saturated carbocycles. The molecule has 2 aliphatic rings. The van der Waals surface area contributed by atoms with E-state index in [1.54, 1.807) is 18.5 Å². The van der Waals surface area contributed by atoms with Crippen molar-refractivity contribution in [2.24, 2.45) is 12.5 Å². The highest BCUT2D eigenvalue weighted by atomic mass is 16.5. The van der Waals surface area contributed by atoms with Crippen molar-refractivity contribution in [3.8, 4) is 22.9 Å². The Hall–Kier alpha value is -4.53. The number of hydrogen-bond acceptors (Lipinski definition) is 7. The van der Waals surface area contributed by atoms with Crippen LogP contribution in [0.3, 0.4) is 0 Å². The third-order valence-electron chi connectivity index (χ3n) is 7.44. The van der Waals surface area contributed by atoms with Crippen LogP contribution in [0, 0.1) is 5.41 Å². The van der Waals surface area contributed by atoms with E-state index in [0.717, 1.165) is 60.2 Å². The average molecular weight is 494 g/mol. The maximum absolute atomic E-state index is 12.0. The number of amides is 1. The van der Waals surface area contributed by atoms with Crippen LogP contribution in [0.2, 0.25) is 0 Å². The second-order valence-electron chi connectivity index (χ2n) is 9.73. The number of anilines is 1. The van der Waals surface area contributed by atoms with E-state index in [4.69, 9.17) is 10.5 Å². The molecule has 0 radical (unpaired) electrons. The molecule has 1 saturated heterocycles. The van der Waals surface area contributed by atoms with E-state index in [2.05, 4.69) is 37.2 Å². The van der Waals surface area contributed by atoms with Crippen LogP contribution in [0.25, 0.3) is 27.7 Å². The molecule has 0 bridgehead atoms. The number of nitrogen functional groups attached to an aromatic ring is 1. The molecular formula is C28H27N7O2. The van der Waals surface area contributed by atoms with Crippen molar-refractivity contribution in [1.29, 1.82) is 0 Å². The first-order valence-corrected chi connectivity index (χ1v) is 12.2. The minimum absolute atomic E-state index is 0.0108. The number of nitrogens with zero attached hydrogens (tertiary/aromatic N) is 6. The third-order valence-corrected chi connectivity index (χ3v) is 7.44. The van der Waals surface area contributed by atoms with E-state index in [1.807, 2.05) is 36.2 Å². The molecule has 37 heavy (non-hydrogen) atoms. The summed E-state index contributed by atoms with van der Waals surface area (Å²) in [6.07, 6.45) is 11.4. The second-order valence-corrected chi connectivity index (χ2v) is 9.73. The summed E-state index contributed by atoms with van der Waals surface area (Å²) < 4.78 is 7.90. The Balaban J connectivity index is 1.37. The minimum atomic E-state index is 0.0108. The molecule has 3 aromatic heterocycles. The third kappa shape index (κ3) is 3.92. The van der Waals surface area contributed by atoms with Gasteiger partial charge in [-0.05, 0) is 54.7 Å². The smallest absolute Gasteiger partial charge is 0.321 e. The summed E-state index contributed by atoms with van der Waals surface area (Å²) in [5.74, 6) is 1.10. The zero-order valence-electron chi connectivity index (χ0n) is 20.6. The Morgan fingerprint density at radius 3 is 2.57 bits per heavy atom. The highest BCUT2D eigenvalue weighted by Crippen LogP contribution is 2.48. The molecule has 6 rings (SSSR count). The topological polar surface area (TPSA) is 112 Å². The number of hydrogen-bond donors (Lipinski definition) is 1. The van der Waals surface area contributed by atoms with Gasteiger partial charge >= 0.3 is 6.01 Å². The summed E-state index contributed by atoms with van der Waals surface area (Å²) in [6.45, 7) is 5.18. The molecule has 2 N–H and O–H groups in total. The summed E-state index contributed by atoms with van der Waals surface area (Å²) in [6, 6.07) is 9.87. The lowest BCUT2D eigenvalue weighted by Crippen LogP contribution is -2.58. The van der Waals surface area contributed by atoms with Crippen LogP contribution in [-0.4, -0.2) is 48.4 Å². The predicted molar refractivity (Wildman–Crippen MR) is 142 cm³/mol. The Morgan fingerprint density at radius 2 is 1.89 bits per heavy atom. The van der Waals surface area contributed by atoms with Gasteiger partial charge in [0.2, 0.25) is 5.91 Å². The minimum Gasteiger partial charge on any atom is -0.424 e. The number of aryl methyl sites for hydroxylation is 1. The SMILES string of the molecule is C=CC(=O)N1CC2(CC=C(c3c(-c4ccc(Oc5ncccn5)cc4)c4c(N)ncnc4n3C)CC2)C1. The zero-order valence-corrected chi connectivity index (χ0v) is 20.6. The van der Waals surface area contributed by atoms with Gasteiger partial charge in [0, 0.05) is 43.5 Å². The fraction of sp³-hybridized carbons (Fsp3) is 0.250. The van der Waals surface area contributed by atoms with Gasteiger partial charge in [0.15, 0.2) is 0 Å². The molecular weight excluding hydrogens is 466 g/mol. The number of aromatic nitrogens is 5. The van der Waals surface area contributed by atoms with Crippen LogP contribution >= 0.6 is 0 Å². The van der Waals surface area contributed by atoms with Gasteiger partial charge in [-0.2, -0.15) is 0 Å². The Bertz CT molecular complexity index is 1530. The van der Waals surface area contributed by atoms with Gasteiger partial charge in [0.25, 0.3) is 0 Å². The highest BCUT2D eigenvalue weighted by molar-refractivity contribution is 6.06. The number of carbonyl (C=O) groups is 1. The molecule has 186 valence electrons. The molecule has 4 aromatic rings. The van der Waals surface area contributed by atoms with Crippen LogP contribution in [0.1, 0.15) is 25.0 Å². The molecule has 4 heterocycles. The van der Waals surface area contributed by atoms with Crippen LogP contribution in [0.4, 0.5) is 5.82 Å². The standard InChI is InChI=1S/C28H27N7O2/c1-3-21(36)35-15-28(16-35)11-9-19(10-12-28)24-22(23-25(29)32-17-33-26(23)34(24)2)18-5-7-20(8-6-18)37-27-30-13-4-14-31-27/h3-9,13-14,17H,1,10-12,15-16H2,2H3,(H2,29,32,33). The fourth-order valence-corrected chi connectivity index (χ4v) is 5.56. The lowest BCUT2D eigenvalue weighted by atomic mass is 9.69. The molecule has 0 unspecified atom stereocenters. The van der Waals surface area contributed by atoms with Crippen LogP contribution < -0.4 is 10.5 Å². The molecule has 1 amide bonds. The largest absolute Gasteiger partial charge is 0.424 e. The summed E-state index contributed by atoms with van der Waals surface area (Å²) in [4.78, 5) is 30.9. The van der Waals surface area contributed by atoms with Gasteiger partial charge in [0.1, 0.15) is 23.5 Å². The van der Waals surface area contributed by atoms with E-state index in [-0.39, 0.29) is 11.3 Å². The van der Waals surface area contributed by atoms with E-state index >= 15 is 0 Å². The number of fused-ring (bicyclic) bond motifs is 1. The number of carbonyl (C=O) groups excluding carboxylic acids is 1. The monoisotopic (exact) mass is 493 g/mol. The van der Waals surface area contributed by atoms with E-state index in [9.17, 15) is 4.79 Å². The lowest BCUT2D eigenvalue weighted by molar-refractivity contribution is -0.138. The number of allylic oxidation sites excluding steroid dienone is 2. The maximum Gasteiger partial charge on any atom is 0.321 e. The molecule has 1 spiro atoms. The van der Waals surface area contributed by atoms with Crippen molar-refractivity contribution < 1.29 is 9.53 Å². The molecule has 1 aliphatic heterocycles. The van der Waals surface area contributed by atoms with Crippen molar-refractivity contribution >= 4 is 28.3 Å². The first kappa shape index (κ1) is 22.9. The predicted octanol–water partition coefficient (Wildman–Crippen LogP) is 4.38. The van der Waals surface area contributed by atoms with Crippen molar-refractivity contribution in [2.75, 3.05) is 18.8 Å². The van der Waals surface area contributed by atoms with Gasteiger partial charge in [-0.25, -0.2) is 19.9 Å². The zero-order chi connectivity index (χ0) is 25.6. The number of likely N-dealkylation sites (tertiary alicyclic amines) is 1. The first-order valence-electron chi connectivity index (χ1n) is 12.2. The number of rotatable bonds is 5. The molecule has 1 aliphatic carbocycles. The summed E-state index contributed by atoms with van der Waals surface area (Å²) >= 11 is 0. The van der Waals surface area contributed by atoms with E-state index < -0.39 is 0 Å². The van der Waals surface area contributed by atoms with Crippen molar-refractivity contribution in [1.82, 2.24) is 29.4 Å². The number of ether oxygens (including phenoxy) is 1. The highest BCUT2D eigenvalue weighted by Gasteiger charge is 2.45. The quantitative estimate of drug-likeness (QED) is 0.411. The van der Waals surface area contributed by atoms with Gasteiger partial charge in [0.05, 0.1) is 11.1 Å². The number of nitrogens with two attached hydrogens (primary N) is 1. The van der Waals surface area contributed by atoms with Gasteiger partial charge < -0.3 is 19.9 Å². The molecule has 9 nitrogen and oxygen atoms in total. The fourth-order valence-electron chi connectivity index (χ4n) is 5.56. The van der Waals surface area contributed by atoms with Crippen LogP contribution in [0.15, 0.2) is 67.8 Å². The Kier molecular flexibility index (Phi) is 5.48. The molecule has 1 fully saturated rings. The average Bonchev–Trinajstić information content (AvgIpc) is 3.21. The normalized spacial score (nSPS) is 16.4. The summed E-state index contributed by atoms with van der Waals surface area (Å²) in [7, 11) is 2.02. The summed E-state index contributed by atoms with van der Waals surface area (Å²) in [5.41, 5.74) is 11.7. The van der Waals surface area contributed by atoms with Gasteiger partial charge in [-0.3, -0.25) is 4.79 Å². The maximum atomic E-state index is 12.0. The molecule has 0 atom stereocenters. The van der Waals surface area contributed by atoms with Gasteiger partial charge in [-0.15, -0.1) is 0 Å². The second kappa shape index (κ2) is 8.85. The van der Waals surface area contributed by atoms with Gasteiger partial charge in [-0.1, -0.05) is 24.8 Å². The summed E-state index contributed by atoms with van der Waals surface area (Å²) in [5, 5.41) is 0.840. The Labute approximate surface area is 214 Å². The Morgan fingerprint density at radius 1 is 1.14 bits per heavy atom. The lowest BCUT2D eigenvalue weighted by Gasteiger charge is -2.51. The number of benzene rings is 1. The van der Waals surface area contributed by atoms with Crippen LogP contribution in [-0.2, 0) is 11.8 Å². The van der Waals surface area contributed by atoms with E-state index in [1.165, 1.54) is 18.0 Å². The molecule has 1 aromatic carbocycles. The first-order chi connectivity index (χ1) is 18.0. The van der Waals surface area contributed by atoms with Crippen molar-refractivity contribution in [3.05, 3.63) is 73.5 Å². The van der Waals surface area contributed by atoms with Crippen molar-refractivity contribution in [2.45, 2.75) is 19.3 Å². The van der Waals surface area contributed by atoms with Crippen molar-refractivity contribution in [3.63, 3.8) is 0 Å². The molecule has 9 heteroatoms. The van der Waals surface area contributed by atoms with E-state index in [0.29, 0.717) is 17.6 Å². The van der Waals surface area contributed by atoms with Crippen LogP contribution in [0.5, 0.6) is 11.8 Å².